The second-order valence-corrected chi connectivity index (χ2v) is 7.50. The summed E-state index contributed by atoms with van der Waals surface area (Å²) in [5.41, 5.74) is 2.86. The fourth-order valence-corrected chi connectivity index (χ4v) is 4.61. The molecule has 2 aromatic heterocycles. The minimum Gasteiger partial charge on any atom is -0.352 e. The van der Waals surface area contributed by atoms with E-state index < -0.39 is 0 Å². The molecule has 1 N–H and O–H groups in total. The smallest absolute Gasteiger partial charge is 0.257 e. The summed E-state index contributed by atoms with van der Waals surface area (Å²) in [6.45, 7) is 0.455. The molecule has 7 heteroatoms. The molecule has 130 valence electrons. The largest absolute Gasteiger partial charge is 0.352 e. The lowest BCUT2D eigenvalue weighted by Gasteiger charge is -2.18. The van der Waals surface area contributed by atoms with Crippen LogP contribution in [0.3, 0.4) is 0 Å². The van der Waals surface area contributed by atoms with Crippen molar-refractivity contribution in [2.24, 2.45) is 0 Å². The van der Waals surface area contributed by atoms with Gasteiger partial charge in [-0.25, -0.2) is 4.98 Å². The number of nitrogens with one attached hydrogen (secondary N) is 1. The van der Waals surface area contributed by atoms with Crippen molar-refractivity contribution >= 4 is 17.7 Å². The first-order valence-corrected chi connectivity index (χ1v) is 9.63. The van der Waals surface area contributed by atoms with E-state index >= 15 is 0 Å². The minimum absolute atomic E-state index is 0.0491. The fraction of sp³-hybridized carbons (Fsp3) is 0.444. The number of rotatable bonds is 4. The van der Waals surface area contributed by atoms with Gasteiger partial charge in [0.1, 0.15) is 0 Å². The van der Waals surface area contributed by atoms with Gasteiger partial charge < -0.3 is 5.32 Å². The lowest BCUT2D eigenvalue weighted by Crippen LogP contribution is -2.33. The average Bonchev–Trinajstić information content (AvgIpc) is 3.04. The number of amides is 1. The van der Waals surface area contributed by atoms with Crippen LogP contribution >= 0.6 is 11.8 Å². The van der Waals surface area contributed by atoms with E-state index in [1.54, 1.807) is 28.7 Å². The highest BCUT2D eigenvalue weighted by atomic mass is 32.2. The van der Waals surface area contributed by atoms with Crippen LogP contribution in [0.5, 0.6) is 0 Å². The van der Waals surface area contributed by atoms with E-state index in [0.29, 0.717) is 13.0 Å². The third-order valence-electron chi connectivity index (χ3n) is 4.76. The molecule has 1 amide bonds. The van der Waals surface area contributed by atoms with Crippen LogP contribution in [0.15, 0.2) is 34.5 Å². The van der Waals surface area contributed by atoms with E-state index in [1.807, 2.05) is 12.1 Å². The van der Waals surface area contributed by atoms with Crippen LogP contribution in [0.1, 0.15) is 42.1 Å². The molecular formula is C18H20N4O2S. The van der Waals surface area contributed by atoms with Gasteiger partial charge in [-0.3, -0.25) is 19.1 Å². The quantitative estimate of drug-likeness (QED) is 0.847. The molecule has 0 saturated carbocycles. The molecule has 1 aliphatic heterocycles. The summed E-state index contributed by atoms with van der Waals surface area (Å²) in [5, 5.41) is 3.69. The Hall–Kier alpha value is -2.15. The first kappa shape index (κ1) is 16.3. The first-order chi connectivity index (χ1) is 12.2. The summed E-state index contributed by atoms with van der Waals surface area (Å²) < 4.78 is 1.75. The van der Waals surface area contributed by atoms with Crippen molar-refractivity contribution in [2.45, 2.75) is 49.8 Å². The number of carbonyl (C=O) groups excluding carboxylic acids is 1. The molecule has 0 aromatic carbocycles. The first-order valence-electron chi connectivity index (χ1n) is 8.65. The highest BCUT2D eigenvalue weighted by Gasteiger charge is 2.30. The maximum Gasteiger partial charge on any atom is 0.257 e. The summed E-state index contributed by atoms with van der Waals surface area (Å²) in [5.74, 6) is 0.678. The second-order valence-electron chi connectivity index (χ2n) is 6.51. The summed E-state index contributed by atoms with van der Waals surface area (Å²) in [6.07, 6.45) is 7.61. The number of hydrogen-bond donors (Lipinski definition) is 1. The van der Waals surface area contributed by atoms with Crippen molar-refractivity contribution in [3.05, 3.63) is 51.7 Å². The number of nitrogens with zero attached hydrogens (tertiary/aromatic N) is 3. The van der Waals surface area contributed by atoms with Gasteiger partial charge in [-0.05, 0) is 37.3 Å². The number of aromatic nitrogens is 3. The molecule has 3 heterocycles. The zero-order valence-corrected chi connectivity index (χ0v) is 14.7. The van der Waals surface area contributed by atoms with Gasteiger partial charge in [0.05, 0.1) is 11.7 Å². The summed E-state index contributed by atoms with van der Waals surface area (Å²) in [7, 11) is 0. The fourth-order valence-electron chi connectivity index (χ4n) is 3.45. The van der Waals surface area contributed by atoms with E-state index in [0.717, 1.165) is 53.4 Å². The van der Waals surface area contributed by atoms with Gasteiger partial charge in [0.15, 0.2) is 5.16 Å². The van der Waals surface area contributed by atoms with Crippen LogP contribution in [0.2, 0.25) is 0 Å². The summed E-state index contributed by atoms with van der Waals surface area (Å²) in [6, 6.07) is 3.66. The molecule has 0 bridgehead atoms. The molecule has 0 spiro atoms. The van der Waals surface area contributed by atoms with Crippen LogP contribution in [0, 0.1) is 0 Å². The lowest BCUT2D eigenvalue weighted by atomic mass is 9.97. The third-order valence-corrected chi connectivity index (χ3v) is 5.85. The average molecular weight is 356 g/mol. The van der Waals surface area contributed by atoms with Crippen molar-refractivity contribution in [1.82, 2.24) is 19.9 Å². The Balaban J connectivity index is 1.47. The van der Waals surface area contributed by atoms with Gasteiger partial charge in [0, 0.05) is 36.7 Å². The molecule has 6 nitrogen and oxygen atoms in total. The number of aryl methyl sites for hydroxylation is 1. The van der Waals surface area contributed by atoms with Crippen molar-refractivity contribution in [2.75, 3.05) is 5.75 Å². The molecule has 0 radical (unpaired) electrons. The number of carbonyl (C=O) groups is 1. The molecule has 0 fully saturated rings. The Morgan fingerprint density at radius 3 is 3.08 bits per heavy atom. The number of pyridine rings is 1. The number of thioether (sulfide) groups is 1. The highest BCUT2D eigenvalue weighted by molar-refractivity contribution is 7.99. The van der Waals surface area contributed by atoms with E-state index in [2.05, 4.69) is 10.3 Å². The Morgan fingerprint density at radius 2 is 2.24 bits per heavy atom. The van der Waals surface area contributed by atoms with Crippen molar-refractivity contribution in [3.63, 3.8) is 0 Å². The molecule has 0 saturated heterocycles. The standard InChI is InChI=1S/C18H20N4O2S/c23-16(20-10-12-4-3-7-19-9-12)8-13-11-25-18-21-15-6-2-1-5-14(15)17(24)22(13)18/h3-4,7,9,13H,1-2,5-6,8,10-11H2,(H,20,23). The minimum atomic E-state index is -0.110. The van der Waals surface area contributed by atoms with Gasteiger partial charge in [-0.2, -0.15) is 0 Å². The van der Waals surface area contributed by atoms with Crippen LogP contribution in [-0.4, -0.2) is 26.2 Å². The van der Waals surface area contributed by atoms with Gasteiger partial charge in [0.2, 0.25) is 5.91 Å². The molecule has 2 aromatic rings. The highest BCUT2D eigenvalue weighted by Crippen LogP contribution is 2.33. The Kier molecular flexibility index (Phi) is 4.57. The van der Waals surface area contributed by atoms with Crippen LogP contribution < -0.4 is 10.9 Å². The van der Waals surface area contributed by atoms with Crippen molar-refractivity contribution in [3.8, 4) is 0 Å². The van der Waals surface area contributed by atoms with Gasteiger partial charge in [0.25, 0.3) is 5.56 Å². The Morgan fingerprint density at radius 1 is 1.36 bits per heavy atom. The predicted octanol–water partition coefficient (Wildman–Crippen LogP) is 1.87. The van der Waals surface area contributed by atoms with Crippen molar-refractivity contribution in [1.29, 1.82) is 0 Å². The third kappa shape index (κ3) is 3.33. The Labute approximate surface area is 150 Å². The van der Waals surface area contributed by atoms with E-state index in [4.69, 9.17) is 4.98 Å². The molecule has 25 heavy (non-hydrogen) atoms. The van der Waals surface area contributed by atoms with E-state index in [1.165, 1.54) is 0 Å². The van der Waals surface area contributed by atoms with Crippen LogP contribution in [-0.2, 0) is 24.2 Å². The molecule has 2 aliphatic rings. The molecule has 1 unspecified atom stereocenters. The number of hydrogen-bond acceptors (Lipinski definition) is 5. The summed E-state index contributed by atoms with van der Waals surface area (Å²) >= 11 is 1.58. The maximum atomic E-state index is 12.8. The zero-order valence-electron chi connectivity index (χ0n) is 13.9. The topological polar surface area (TPSA) is 76.9 Å². The zero-order chi connectivity index (χ0) is 17.2. The van der Waals surface area contributed by atoms with Gasteiger partial charge >= 0.3 is 0 Å². The SMILES string of the molecule is O=C(CC1CSc2nc3c(c(=O)n21)CCCC3)NCc1cccnc1. The maximum absolute atomic E-state index is 12.8. The lowest BCUT2D eigenvalue weighted by molar-refractivity contribution is -0.121. The van der Waals surface area contributed by atoms with Gasteiger partial charge in [-0.1, -0.05) is 17.8 Å². The van der Waals surface area contributed by atoms with Crippen LogP contribution in [0.25, 0.3) is 0 Å². The normalized spacial score (nSPS) is 18.5. The van der Waals surface area contributed by atoms with E-state index in [9.17, 15) is 9.59 Å². The molecule has 4 rings (SSSR count). The molecule has 1 atom stereocenters. The van der Waals surface area contributed by atoms with E-state index in [-0.39, 0.29) is 17.5 Å². The Bertz CT molecular complexity index is 850. The van der Waals surface area contributed by atoms with Crippen molar-refractivity contribution < 1.29 is 4.79 Å². The monoisotopic (exact) mass is 356 g/mol. The number of fused-ring (bicyclic) bond motifs is 2. The molecular weight excluding hydrogens is 336 g/mol. The second kappa shape index (κ2) is 7.00. The van der Waals surface area contributed by atoms with Gasteiger partial charge in [-0.15, -0.1) is 0 Å². The molecule has 1 aliphatic carbocycles. The van der Waals surface area contributed by atoms with Crippen LogP contribution in [0.4, 0.5) is 0 Å². The predicted molar refractivity (Wildman–Crippen MR) is 95.6 cm³/mol. The summed E-state index contributed by atoms with van der Waals surface area (Å²) in [4.78, 5) is 33.9.